The number of halogens is 1. The molecule has 0 unspecified atom stereocenters. The van der Waals surface area contributed by atoms with Gasteiger partial charge in [-0.25, -0.2) is 13.1 Å². The third-order valence-corrected chi connectivity index (χ3v) is 6.88. The molecule has 0 spiro atoms. The topological polar surface area (TPSA) is 72.2 Å². The SMILES string of the molecule is Cc1cc(S(=O)(=O)NCc2ccc(Cl)s2)sc1CN. The molecular weight excluding hydrogens is 324 g/mol. The Bertz CT molecular complexity index is 676. The van der Waals surface area contributed by atoms with Gasteiger partial charge < -0.3 is 5.73 Å². The van der Waals surface area contributed by atoms with Gasteiger partial charge in [-0.15, -0.1) is 22.7 Å². The quantitative estimate of drug-likeness (QED) is 0.881. The molecule has 2 rings (SSSR count). The maximum atomic E-state index is 12.1. The highest BCUT2D eigenvalue weighted by molar-refractivity contribution is 7.91. The Labute approximate surface area is 125 Å². The Kier molecular flexibility index (Phi) is 4.65. The van der Waals surface area contributed by atoms with Crippen LogP contribution in [-0.4, -0.2) is 8.42 Å². The molecule has 0 bridgehead atoms. The first-order valence-electron chi connectivity index (χ1n) is 5.45. The first-order valence-corrected chi connectivity index (χ1v) is 8.95. The van der Waals surface area contributed by atoms with Gasteiger partial charge in [-0.1, -0.05) is 11.6 Å². The Balaban J connectivity index is 2.13. The van der Waals surface area contributed by atoms with Crippen LogP contribution in [0, 0.1) is 6.92 Å². The van der Waals surface area contributed by atoms with E-state index < -0.39 is 10.0 Å². The Morgan fingerprint density at radius 3 is 2.63 bits per heavy atom. The molecule has 0 saturated carbocycles. The molecule has 0 aliphatic carbocycles. The second-order valence-corrected chi connectivity index (χ2v) is 8.84. The average molecular weight is 337 g/mol. The van der Waals surface area contributed by atoms with Crippen LogP contribution in [0.4, 0.5) is 0 Å². The van der Waals surface area contributed by atoms with Gasteiger partial charge in [0.2, 0.25) is 10.0 Å². The third kappa shape index (κ3) is 3.56. The summed E-state index contributed by atoms with van der Waals surface area (Å²) in [5.41, 5.74) is 6.47. The lowest BCUT2D eigenvalue weighted by molar-refractivity contribution is 0.584. The first kappa shape index (κ1) is 15.0. The maximum Gasteiger partial charge on any atom is 0.250 e. The molecule has 8 heteroatoms. The summed E-state index contributed by atoms with van der Waals surface area (Å²) in [5.74, 6) is 0. The van der Waals surface area contributed by atoms with Crippen molar-refractivity contribution < 1.29 is 8.42 Å². The van der Waals surface area contributed by atoms with Gasteiger partial charge in [0, 0.05) is 22.8 Å². The highest BCUT2D eigenvalue weighted by atomic mass is 35.5. The van der Waals surface area contributed by atoms with Crippen molar-refractivity contribution in [3.63, 3.8) is 0 Å². The zero-order chi connectivity index (χ0) is 14.0. The molecule has 0 aliphatic rings. The highest BCUT2D eigenvalue weighted by Gasteiger charge is 2.18. The summed E-state index contributed by atoms with van der Waals surface area (Å²) in [4.78, 5) is 1.76. The van der Waals surface area contributed by atoms with Crippen LogP contribution in [-0.2, 0) is 23.1 Å². The monoisotopic (exact) mass is 336 g/mol. The van der Waals surface area contributed by atoms with Crippen LogP contribution < -0.4 is 10.5 Å². The van der Waals surface area contributed by atoms with Gasteiger partial charge >= 0.3 is 0 Å². The minimum absolute atomic E-state index is 0.245. The number of sulfonamides is 1. The Morgan fingerprint density at radius 2 is 2.11 bits per heavy atom. The first-order chi connectivity index (χ1) is 8.92. The summed E-state index contributed by atoms with van der Waals surface area (Å²) in [6, 6.07) is 5.20. The molecule has 0 saturated heterocycles. The van der Waals surface area contributed by atoms with E-state index in [1.807, 2.05) is 6.92 Å². The van der Waals surface area contributed by atoms with Gasteiger partial charge in [-0.3, -0.25) is 0 Å². The van der Waals surface area contributed by atoms with Crippen molar-refractivity contribution in [3.8, 4) is 0 Å². The van der Waals surface area contributed by atoms with Crippen LogP contribution >= 0.6 is 34.3 Å². The molecule has 0 radical (unpaired) electrons. The van der Waals surface area contributed by atoms with Crippen molar-refractivity contribution in [2.75, 3.05) is 0 Å². The van der Waals surface area contributed by atoms with Crippen LogP contribution in [0.15, 0.2) is 22.4 Å². The normalized spacial score (nSPS) is 11.9. The molecule has 19 heavy (non-hydrogen) atoms. The van der Waals surface area contributed by atoms with Crippen molar-refractivity contribution in [2.24, 2.45) is 5.73 Å². The van der Waals surface area contributed by atoms with Gasteiger partial charge in [0.1, 0.15) is 4.21 Å². The predicted octanol–water partition coefficient (Wildman–Crippen LogP) is 2.71. The Morgan fingerprint density at radius 1 is 1.37 bits per heavy atom. The van der Waals surface area contributed by atoms with Gasteiger partial charge in [0.25, 0.3) is 0 Å². The lowest BCUT2D eigenvalue weighted by Gasteiger charge is -2.02. The smallest absolute Gasteiger partial charge is 0.250 e. The largest absolute Gasteiger partial charge is 0.326 e. The molecular formula is C11H13ClN2O2S3. The van der Waals surface area contributed by atoms with E-state index in [1.54, 1.807) is 18.2 Å². The molecule has 104 valence electrons. The summed E-state index contributed by atoms with van der Waals surface area (Å²) in [6.45, 7) is 2.46. The fourth-order valence-corrected chi connectivity index (χ4v) is 5.15. The van der Waals surface area contributed by atoms with E-state index in [9.17, 15) is 8.42 Å². The fourth-order valence-electron chi connectivity index (χ4n) is 1.51. The van der Waals surface area contributed by atoms with Crippen molar-refractivity contribution in [2.45, 2.75) is 24.2 Å². The van der Waals surface area contributed by atoms with Crippen LogP contribution in [0.2, 0.25) is 4.34 Å². The number of aryl methyl sites for hydroxylation is 1. The molecule has 0 amide bonds. The molecule has 0 aromatic carbocycles. The number of nitrogens with one attached hydrogen (secondary N) is 1. The minimum Gasteiger partial charge on any atom is -0.326 e. The van der Waals surface area contributed by atoms with E-state index in [4.69, 9.17) is 17.3 Å². The number of hydrogen-bond acceptors (Lipinski definition) is 5. The average Bonchev–Trinajstić information content (AvgIpc) is 2.93. The summed E-state index contributed by atoms with van der Waals surface area (Å²) in [6.07, 6.45) is 0. The lowest BCUT2D eigenvalue weighted by atomic mass is 10.3. The molecule has 0 fully saturated rings. The van der Waals surface area contributed by atoms with Gasteiger partial charge in [-0.2, -0.15) is 0 Å². The Hall–Kier alpha value is -0.440. The van der Waals surface area contributed by atoms with Crippen molar-refractivity contribution in [1.82, 2.24) is 4.72 Å². The van der Waals surface area contributed by atoms with E-state index in [0.29, 0.717) is 15.1 Å². The minimum atomic E-state index is -3.48. The molecule has 0 atom stereocenters. The number of hydrogen-bond donors (Lipinski definition) is 2. The van der Waals surface area contributed by atoms with Crippen LogP contribution in [0.5, 0.6) is 0 Å². The summed E-state index contributed by atoms with van der Waals surface area (Å²) in [5, 5.41) is 0. The van der Waals surface area contributed by atoms with Crippen molar-refractivity contribution >= 4 is 44.3 Å². The third-order valence-electron chi connectivity index (χ3n) is 2.51. The zero-order valence-corrected chi connectivity index (χ0v) is 13.3. The molecule has 0 aliphatic heterocycles. The van der Waals surface area contributed by atoms with Crippen LogP contribution in [0.3, 0.4) is 0 Å². The van der Waals surface area contributed by atoms with E-state index in [2.05, 4.69) is 4.72 Å². The highest BCUT2D eigenvalue weighted by Crippen LogP contribution is 2.26. The molecule has 2 heterocycles. The van der Waals surface area contributed by atoms with Gasteiger partial charge in [0.05, 0.1) is 4.34 Å². The molecule has 3 N–H and O–H groups in total. The van der Waals surface area contributed by atoms with E-state index in [1.165, 1.54) is 22.7 Å². The summed E-state index contributed by atoms with van der Waals surface area (Å²) < 4.78 is 27.8. The summed E-state index contributed by atoms with van der Waals surface area (Å²) >= 11 is 8.37. The summed E-state index contributed by atoms with van der Waals surface area (Å²) in [7, 11) is -3.48. The van der Waals surface area contributed by atoms with E-state index in [-0.39, 0.29) is 6.54 Å². The zero-order valence-electron chi connectivity index (χ0n) is 10.1. The fraction of sp³-hybridized carbons (Fsp3) is 0.273. The van der Waals surface area contributed by atoms with Gasteiger partial charge in [0.15, 0.2) is 0 Å². The van der Waals surface area contributed by atoms with Crippen molar-refractivity contribution in [1.29, 1.82) is 0 Å². The van der Waals surface area contributed by atoms with E-state index in [0.717, 1.165) is 15.3 Å². The predicted molar refractivity (Wildman–Crippen MR) is 80.3 cm³/mol. The van der Waals surface area contributed by atoms with Crippen molar-refractivity contribution in [3.05, 3.63) is 37.9 Å². The molecule has 2 aromatic heterocycles. The standard InChI is InChI=1S/C11H13ClN2O2S3/c1-7-4-11(18-9(7)5-13)19(15,16)14-6-8-2-3-10(12)17-8/h2-4,14H,5-6,13H2,1H3. The lowest BCUT2D eigenvalue weighted by Crippen LogP contribution is -2.21. The van der Waals surface area contributed by atoms with Gasteiger partial charge in [-0.05, 0) is 30.7 Å². The number of nitrogens with two attached hydrogens (primary N) is 1. The number of thiophene rings is 2. The van der Waals surface area contributed by atoms with Crippen LogP contribution in [0.1, 0.15) is 15.3 Å². The molecule has 2 aromatic rings. The second kappa shape index (κ2) is 5.90. The van der Waals surface area contributed by atoms with Crippen LogP contribution in [0.25, 0.3) is 0 Å². The van der Waals surface area contributed by atoms with E-state index >= 15 is 0 Å². The molecule has 4 nitrogen and oxygen atoms in total. The second-order valence-electron chi connectivity index (χ2n) is 3.91. The maximum absolute atomic E-state index is 12.1. The number of rotatable bonds is 5.